The quantitative estimate of drug-likeness (QED) is 0.117. The molecule has 4 aromatic rings. The van der Waals surface area contributed by atoms with Gasteiger partial charge in [-0.3, -0.25) is 14.9 Å². The number of amides is 1. The Labute approximate surface area is 223 Å². The van der Waals surface area contributed by atoms with Gasteiger partial charge in [0.05, 0.1) is 4.92 Å². The molecule has 0 fully saturated rings. The summed E-state index contributed by atoms with van der Waals surface area (Å²) in [4.78, 5) is 25.0. The first-order chi connectivity index (χ1) is 17.7. The van der Waals surface area contributed by atoms with Crippen LogP contribution in [0.25, 0.3) is 11.8 Å². The normalized spacial score (nSPS) is 11.1. The van der Waals surface area contributed by atoms with Crippen LogP contribution < -0.4 is 5.32 Å². The Hall–Kier alpha value is -4.32. The van der Waals surface area contributed by atoms with E-state index in [1.54, 1.807) is 42.5 Å². The van der Waals surface area contributed by atoms with Crippen molar-refractivity contribution in [2.45, 2.75) is 23.6 Å². The van der Waals surface area contributed by atoms with Crippen molar-refractivity contribution < 1.29 is 9.72 Å². The number of carbonyl (C=O) groups is 1. The van der Waals surface area contributed by atoms with Crippen molar-refractivity contribution in [3.05, 3.63) is 117 Å². The highest BCUT2D eigenvalue weighted by atomic mass is 35.5. The number of hydrogen-bond acceptors (Lipinski definition) is 5. The number of aryl methyl sites for hydroxylation is 1. The summed E-state index contributed by atoms with van der Waals surface area (Å²) in [5.74, 6) is -0.512. The van der Waals surface area contributed by atoms with Gasteiger partial charge in [-0.05, 0) is 86.2 Å². The summed E-state index contributed by atoms with van der Waals surface area (Å²) in [5, 5.41) is 23.7. The van der Waals surface area contributed by atoms with E-state index >= 15 is 0 Å². The monoisotopic (exact) mass is 528 g/mol. The molecule has 0 aliphatic carbocycles. The van der Waals surface area contributed by atoms with Gasteiger partial charge in [0.2, 0.25) is 0 Å². The summed E-state index contributed by atoms with van der Waals surface area (Å²) in [5.41, 5.74) is 4.09. The minimum absolute atomic E-state index is 0.0185. The minimum atomic E-state index is -0.512. The first-order valence-electron chi connectivity index (χ1n) is 11.2. The Morgan fingerprint density at radius 2 is 1.70 bits per heavy atom. The van der Waals surface area contributed by atoms with Gasteiger partial charge in [0.25, 0.3) is 11.6 Å². The van der Waals surface area contributed by atoms with Gasteiger partial charge in [-0.15, -0.1) is 0 Å². The summed E-state index contributed by atoms with van der Waals surface area (Å²) in [6.07, 6.45) is 1.58. The van der Waals surface area contributed by atoms with E-state index in [-0.39, 0.29) is 11.3 Å². The molecule has 1 aromatic heterocycles. The van der Waals surface area contributed by atoms with Crippen LogP contribution in [0.4, 0.5) is 11.4 Å². The van der Waals surface area contributed by atoms with E-state index in [9.17, 15) is 20.2 Å². The fraction of sp³-hybridized carbons (Fsp3) is 0.0714. The van der Waals surface area contributed by atoms with Crippen molar-refractivity contribution in [1.29, 1.82) is 5.26 Å². The summed E-state index contributed by atoms with van der Waals surface area (Å²) < 4.78 is 2.05. The second-order valence-electron chi connectivity index (χ2n) is 8.14. The number of halogens is 1. The van der Waals surface area contributed by atoms with Crippen molar-refractivity contribution >= 4 is 46.7 Å². The van der Waals surface area contributed by atoms with E-state index in [0.29, 0.717) is 10.7 Å². The molecule has 3 aromatic carbocycles. The number of nitro benzene ring substituents is 1. The number of hydrogen-bond donors (Lipinski definition) is 1. The third-order valence-corrected chi connectivity index (χ3v) is 6.85. The Morgan fingerprint density at radius 3 is 2.30 bits per heavy atom. The number of non-ortho nitro benzene ring substituents is 1. The molecule has 0 unspecified atom stereocenters. The molecule has 0 bridgehead atoms. The van der Waals surface area contributed by atoms with Gasteiger partial charge in [0, 0.05) is 49.7 Å². The minimum Gasteiger partial charge on any atom is -0.321 e. The lowest BCUT2D eigenvalue weighted by atomic mass is 10.1. The van der Waals surface area contributed by atoms with Crippen LogP contribution in [0, 0.1) is 35.3 Å². The largest absolute Gasteiger partial charge is 0.321 e. The highest BCUT2D eigenvalue weighted by molar-refractivity contribution is 7.99. The number of rotatable bonds is 7. The van der Waals surface area contributed by atoms with E-state index in [0.717, 1.165) is 32.4 Å². The first-order valence-corrected chi connectivity index (χ1v) is 12.3. The zero-order valence-electron chi connectivity index (χ0n) is 19.9. The topological polar surface area (TPSA) is 101 Å². The molecule has 0 radical (unpaired) electrons. The van der Waals surface area contributed by atoms with Gasteiger partial charge < -0.3 is 9.88 Å². The molecule has 0 spiro atoms. The van der Waals surface area contributed by atoms with E-state index in [4.69, 9.17) is 11.6 Å². The van der Waals surface area contributed by atoms with Gasteiger partial charge in [-0.1, -0.05) is 29.4 Å². The Bertz CT molecular complexity index is 1550. The van der Waals surface area contributed by atoms with Crippen molar-refractivity contribution in [2.24, 2.45) is 0 Å². The maximum atomic E-state index is 12.7. The number of benzene rings is 3. The van der Waals surface area contributed by atoms with Crippen LogP contribution in [-0.2, 0) is 4.79 Å². The third-order valence-electron chi connectivity index (χ3n) is 5.60. The van der Waals surface area contributed by atoms with Crippen molar-refractivity contribution in [3.63, 3.8) is 0 Å². The summed E-state index contributed by atoms with van der Waals surface area (Å²) >= 11 is 7.49. The summed E-state index contributed by atoms with van der Waals surface area (Å²) in [7, 11) is 0. The zero-order chi connectivity index (χ0) is 26.5. The highest BCUT2D eigenvalue weighted by Gasteiger charge is 2.14. The van der Waals surface area contributed by atoms with Gasteiger partial charge in [-0.2, -0.15) is 5.26 Å². The molecular weight excluding hydrogens is 508 g/mol. The molecule has 0 saturated heterocycles. The van der Waals surface area contributed by atoms with E-state index < -0.39 is 10.8 Å². The molecule has 0 aliphatic rings. The lowest BCUT2D eigenvalue weighted by Gasteiger charge is -2.11. The number of carbonyl (C=O) groups excluding carboxylic acids is 1. The van der Waals surface area contributed by atoms with Crippen LogP contribution in [0.15, 0.2) is 94.2 Å². The highest BCUT2D eigenvalue weighted by Crippen LogP contribution is 2.31. The van der Waals surface area contributed by atoms with Gasteiger partial charge in [0.1, 0.15) is 11.6 Å². The SMILES string of the molecule is Cc1cc(/C=C(\C#N)C(=O)Nc2cccc(Cl)c2)c(C)n1-c1ccc(Sc2ccc([N+](=O)[O-])cc2)cc1. The predicted octanol–water partition coefficient (Wildman–Crippen LogP) is 7.35. The van der Waals surface area contributed by atoms with Crippen molar-refractivity contribution in [2.75, 3.05) is 5.32 Å². The first kappa shape index (κ1) is 25.8. The maximum absolute atomic E-state index is 12.7. The van der Waals surface area contributed by atoms with Crippen LogP contribution >= 0.6 is 23.4 Å². The molecule has 0 saturated carbocycles. The fourth-order valence-electron chi connectivity index (χ4n) is 3.84. The number of anilines is 1. The number of nitro groups is 1. The molecular formula is C28H21ClN4O3S. The van der Waals surface area contributed by atoms with Crippen LogP contribution in [0.3, 0.4) is 0 Å². The molecule has 1 amide bonds. The predicted molar refractivity (Wildman–Crippen MR) is 146 cm³/mol. The average molecular weight is 529 g/mol. The smallest absolute Gasteiger partial charge is 0.269 e. The fourth-order valence-corrected chi connectivity index (χ4v) is 4.84. The van der Waals surface area contributed by atoms with Gasteiger partial charge >= 0.3 is 0 Å². The molecule has 1 heterocycles. The molecule has 7 nitrogen and oxygen atoms in total. The lowest BCUT2D eigenvalue weighted by molar-refractivity contribution is -0.384. The van der Waals surface area contributed by atoms with Gasteiger partial charge in [-0.25, -0.2) is 0 Å². The van der Waals surface area contributed by atoms with E-state index in [1.807, 2.05) is 50.2 Å². The second kappa shape index (κ2) is 11.2. The summed E-state index contributed by atoms with van der Waals surface area (Å²) in [6, 6.07) is 25.0. The molecule has 0 atom stereocenters. The third kappa shape index (κ3) is 6.09. The van der Waals surface area contributed by atoms with Crippen molar-refractivity contribution in [1.82, 2.24) is 4.57 Å². The van der Waals surface area contributed by atoms with Crippen molar-refractivity contribution in [3.8, 4) is 11.8 Å². The molecule has 9 heteroatoms. The van der Waals surface area contributed by atoms with Crippen LogP contribution in [-0.4, -0.2) is 15.4 Å². The van der Waals surface area contributed by atoms with Crippen LogP contribution in [0.2, 0.25) is 5.02 Å². The standard InChI is InChI=1S/C28H21ClN4O3S/c1-18-14-20(15-21(17-30)28(34)31-23-5-3-4-22(29)16-23)19(2)32(18)24-6-10-26(11-7-24)37-27-12-8-25(9-13-27)33(35)36/h3-16H,1-2H3,(H,31,34)/b21-15+. The number of nitriles is 1. The van der Waals surface area contributed by atoms with E-state index in [2.05, 4.69) is 9.88 Å². The van der Waals surface area contributed by atoms with Crippen LogP contribution in [0.5, 0.6) is 0 Å². The number of nitrogens with zero attached hydrogens (tertiary/aromatic N) is 3. The Morgan fingerprint density at radius 1 is 1.05 bits per heavy atom. The van der Waals surface area contributed by atoms with Gasteiger partial charge in [0.15, 0.2) is 0 Å². The average Bonchev–Trinajstić information content (AvgIpc) is 3.15. The zero-order valence-corrected chi connectivity index (χ0v) is 21.5. The molecule has 37 heavy (non-hydrogen) atoms. The summed E-state index contributed by atoms with van der Waals surface area (Å²) in [6.45, 7) is 3.89. The molecule has 4 rings (SSSR count). The Kier molecular flexibility index (Phi) is 7.77. The number of nitrogens with one attached hydrogen (secondary N) is 1. The Balaban J connectivity index is 1.54. The molecule has 184 valence electrons. The molecule has 1 N–H and O–H groups in total. The molecule has 0 aliphatic heterocycles. The number of aromatic nitrogens is 1. The van der Waals surface area contributed by atoms with Crippen LogP contribution in [0.1, 0.15) is 17.0 Å². The second-order valence-corrected chi connectivity index (χ2v) is 9.73. The lowest BCUT2D eigenvalue weighted by Crippen LogP contribution is -2.13. The maximum Gasteiger partial charge on any atom is 0.269 e. The van der Waals surface area contributed by atoms with E-state index in [1.165, 1.54) is 23.9 Å².